The van der Waals surface area contributed by atoms with Crippen molar-refractivity contribution in [2.75, 3.05) is 0 Å². The van der Waals surface area contributed by atoms with Crippen molar-refractivity contribution >= 4 is 29.2 Å². The van der Waals surface area contributed by atoms with Crippen molar-refractivity contribution in [2.24, 2.45) is 11.0 Å². The van der Waals surface area contributed by atoms with Crippen molar-refractivity contribution < 1.29 is 14.3 Å². The van der Waals surface area contributed by atoms with Crippen LogP contribution in [0.1, 0.15) is 40.2 Å². The van der Waals surface area contributed by atoms with Crippen LogP contribution >= 0.6 is 0 Å². The van der Waals surface area contributed by atoms with Crippen LogP contribution in [0.2, 0.25) is 0 Å². The molecular formula is C19H25N5O3. The number of alkyl carbamates (subject to hydrolysis) is 1. The van der Waals surface area contributed by atoms with Crippen molar-refractivity contribution in [1.29, 1.82) is 0 Å². The summed E-state index contributed by atoms with van der Waals surface area (Å²) in [5, 5.41) is 6.57. The van der Waals surface area contributed by atoms with Crippen LogP contribution in [0.3, 0.4) is 0 Å². The molecule has 0 fully saturated rings. The van der Waals surface area contributed by atoms with Crippen LogP contribution in [0.4, 0.5) is 4.79 Å². The molecule has 2 amide bonds. The Morgan fingerprint density at radius 1 is 1.19 bits per heavy atom. The Morgan fingerprint density at radius 3 is 2.56 bits per heavy atom. The lowest BCUT2D eigenvalue weighted by molar-refractivity contribution is -0.124. The van der Waals surface area contributed by atoms with Gasteiger partial charge in [0.05, 0.1) is 17.2 Å². The Hall–Kier alpha value is -3.03. The molecule has 0 aliphatic rings. The Bertz CT molecular complexity index is 837. The maximum absolute atomic E-state index is 12.4. The van der Waals surface area contributed by atoms with Gasteiger partial charge in [-0.2, -0.15) is 5.10 Å². The van der Waals surface area contributed by atoms with E-state index in [1.807, 2.05) is 32.0 Å². The summed E-state index contributed by atoms with van der Waals surface area (Å²) in [5.74, 6) is -0.574. The molecule has 0 saturated carbocycles. The normalized spacial score (nSPS) is 13.0. The molecule has 0 unspecified atom stereocenters. The third-order valence-electron chi connectivity index (χ3n) is 3.53. The number of hydrogen-bond acceptors (Lipinski definition) is 6. The highest BCUT2D eigenvalue weighted by molar-refractivity contribution is 5.96. The van der Waals surface area contributed by atoms with E-state index in [0.717, 1.165) is 11.1 Å². The van der Waals surface area contributed by atoms with Gasteiger partial charge in [-0.05, 0) is 32.8 Å². The Morgan fingerprint density at radius 2 is 1.89 bits per heavy atom. The summed E-state index contributed by atoms with van der Waals surface area (Å²) < 4.78 is 5.21. The van der Waals surface area contributed by atoms with E-state index in [-0.39, 0.29) is 5.92 Å². The number of nitrogens with one attached hydrogen (secondary N) is 2. The van der Waals surface area contributed by atoms with E-state index in [2.05, 4.69) is 25.8 Å². The van der Waals surface area contributed by atoms with Gasteiger partial charge in [0.2, 0.25) is 0 Å². The van der Waals surface area contributed by atoms with Gasteiger partial charge in [-0.25, -0.2) is 10.2 Å². The molecular weight excluding hydrogens is 346 g/mol. The summed E-state index contributed by atoms with van der Waals surface area (Å²) in [4.78, 5) is 32.9. The zero-order valence-electron chi connectivity index (χ0n) is 16.2. The molecule has 0 aliphatic heterocycles. The number of para-hydroxylation sites is 1. The molecule has 1 aromatic heterocycles. The van der Waals surface area contributed by atoms with Crippen LogP contribution in [-0.4, -0.2) is 39.8 Å². The predicted molar refractivity (Wildman–Crippen MR) is 103 cm³/mol. The lowest BCUT2D eigenvalue weighted by atomic mass is 10.0. The number of hydrazone groups is 1. The Balaban J connectivity index is 2.05. The smallest absolute Gasteiger partial charge is 0.408 e. The minimum atomic E-state index is -0.774. The maximum atomic E-state index is 12.4. The third-order valence-corrected chi connectivity index (χ3v) is 3.53. The van der Waals surface area contributed by atoms with Gasteiger partial charge >= 0.3 is 6.09 Å². The number of ether oxygens (including phenoxy) is 1. The zero-order valence-corrected chi connectivity index (χ0v) is 16.2. The first-order chi connectivity index (χ1) is 12.7. The number of fused-ring (bicyclic) bond motifs is 1. The van der Waals surface area contributed by atoms with E-state index in [4.69, 9.17) is 4.74 Å². The highest BCUT2D eigenvalue weighted by Gasteiger charge is 2.26. The van der Waals surface area contributed by atoms with E-state index < -0.39 is 23.6 Å². The molecule has 27 heavy (non-hydrogen) atoms. The molecule has 0 radical (unpaired) electrons. The zero-order chi connectivity index (χ0) is 20.0. The van der Waals surface area contributed by atoms with Crippen molar-refractivity contribution in [3.8, 4) is 0 Å². The third kappa shape index (κ3) is 6.02. The molecule has 2 aromatic rings. The number of carbonyl (C=O) groups is 2. The number of amides is 2. The first-order valence-electron chi connectivity index (χ1n) is 8.69. The van der Waals surface area contributed by atoms with Crippen LogP contribution in [0.5, 0.6) is 0 Å². The number of carbonyl (C=O) groups excluding carboxylic acids is 2. The standard InChI is InChI=1S/C19H25N5O3/c1-12(2)15(23-18(26)27-19(3,4)5)17(25)24-22-11-13-7-6-8-14-16(13)21-10-9-20-14/h6-12,15H,1-5H3,(H,23,26)(H,24,25)/b22-11-/t15-/m0/s1. The van der Waals surface area contributed by atoms with Crippen LogP contribution in [0.25, 0.3) is 11.0 Å². The van der Waals surface area contributed by atoms with Crippen molar-refractivity contribution in [3.05, 3.63) is 36.2 Å². The molecule has 1 atom stereocenters. The van der Waals surface area contributed by atoms with Crippen LogP contribution in [-0.2, 0) is 9.53 Å². The molecule has 8 nitrogen and oxygen atoms in total. The van der Waals surface area contributed by atoms with Crippen LogP contribution in [0.15, 0.2) is 35.7 Å². The fourth-order valence-electron chi connectivity index (χ4n) is 2.32. The van der Waals surface area contributed by atoms with E-state index in [1.54, 1.807) is 33.2 Å². The molecule has 2 rings (SSSR count). The number of nitrogens with zero attached hydrogens (tertiary/aromatic N) is 3. The summed E-state index contributed by atoms with van der Waals surface area (Å²) >= 11 is 0. The van der Waals surface area contributed by atoms with Crippen molar-refractivity contribution in [3.63, 3.8) is 0 Å². The number of aromatic nitrogens is 2. The van der Waals surface area contributed by atoms with E-state index >= 15 is 0 Å². The molecule has 0 bridgehead atoms. The molecule has 0 aliphatic carbocycles. The average Bonchev–Trinajstić information content (AvgIpc) is 2.58. The highest BCUT2D eigenvalue weighted by Crippen LogP contribution is 2.12. The van der Waals surface area contributed by atoms with E-state index in [0.29, 0.717) is 5.52 Å². The number of rotatable bonds is 5. The fraction of sp³-hybridized carbons (Fsp3) is 0.421. The van der Waals surface area contributed by atoms with Gasteiger partial charge in [0.1, 0.15) is 11.6 Å². The molecule has 1 aromatic carbocycles. The second-order valence-corrected chi connectivity index (χ2v) is 7.37. The number of benzene rings is 1. The summed E-state index contributed by atoms with van der Waals surface area (Å²) in [5.41, 5.74) is 3.96. The lowest BCUT2D eigenvalue weighted by Crippen LogP contribution is -2.49. The summed E-state index contributed by atoms with van der Waals surface area (Å²) in [7, 11) is 0. The summed E-state index contributed by atoms with van der Waals surface area (Å²) in [6, 6.07) is 4.73. The van der Waals surface area contributed by atoms with E-state index in [9.17, 15) is 9.59 Å². The first kappa shape index (κ1) is 20.3. The van der Waals surface area contributed by atoms with Crippen molar-refractivity contribution in [2.45, 2.75) is 46.3 Å². The second-order valence-electron chi connectivity index (χ2n) is 7.37. The van der Waals surface area contributed by atoms with Gasteiger partial charge in [-0.3, -0.25) is 14.8 Å². The van der Waals surface area contributed by atoms with Gasteiger partial charge in [-0.1, -0.05) is 26.0 Å². The molecule has 8 heteroatoms. The van der Waals surface area contributed by atoms with Gasteiger partial charge in [-0.15, -0.1) is 0 Å². The van der Waals surface area contributed by atoms with Crippen LogP contribution in [0, 0.1) is 5.92 Å². The largest absolute Gasteiger partial charge is 0.444 e. The quantitative estimate of drug-likeness (QED) is 0.621. The molecule has 0 saturated heterocycles. The Kier molecular flexibility index (Phi) is 6.44. The first-order valence-corrected chi connectivity index (χ1v) is 8.69. The van der Waals surface area contributed by atoms with Gasteiger partial charge < -0.3 is 10.1 Å². The minimum Gasteiger partial charge on any atom is -0.444 e. The molecule has 1 heterocycles. The van der Waals surface area contributed by atoms with E-state index in [1.165, 1.54) is 6.21 Å². The van der Waals surface area contributed by atoms with Gasteiger partial charge in [0.25, 0.3) is 5.91 Å². The average molecular weight is 371 g/mol. The SMILES string of the molecule is CC(C)[C@H](NC(=O)OC(C)(C)C)C(=O)N/N=C\c1cccc2nccnc12. The lowest BCUT2D eigenvalue weighted by Gasteiger charge is -2.24. The van der Waals surface area contributed by atoms with Gasteiger partial charge in [0, 0.05) is 18.0 Å². The summed E-state index contributed by atoms with van der Waals surface area (Å²) in [6.07, 6.45) is 4.06. The maximum Gasteiger partial charge on any atom is 0.408 e. The summed E-state index contributed by atoms with van der Waals surface area (Å²) in [6.45, 7) is 8.93. The Labute approximate surface area is 158 Å². The highest BCUT2D eigenvalue weighted by atomic mass is 16.6. The predicted octanol–water partition coefficient (Wildman–Crippen LogP) is 2.63. The minimum absolute atomic E-state index is 0.142. The monoisotopic (exact) mass is 371 g/mol. The van der Waals surface area contributed by atoms with Crippen LogP contribution < -0.4 is 10.7 Å². The number of hydrogen-bond donors (Lipinski definition) is 2. The molecule has 2 N–H and O–H groups in total. The molecule has 144 valence electrons. The fourth-order valence-corrected chi connectivity index (χ4v) is 2.32. The molecule has 0 spiro atoms. The second kappa shape index (κ2) is 8.57. The van der Waals surface area contributed by atoms with Crippen molar-refractivity contribution in [1.82, 2.24) is 20.7 Å². The van der Waals surface area contributed by atoms with Gasteiger partial charge in [0.15, 0.2) is 0 Å². The topological polar surface area (TPSA) is 106 Å².